The third-order valence-corrected chi connectivity index (χ3v) is 7.29. The SMILES string of the molecule is C=C1C(O)=C(C(=O)NCc2ccc(F)cc2)N=C(CCN(C)CCP(=O)(OCC)OCC)N1C. The summed E-state index contributed by atoms with van der Waals surface area (Å²) in [4.78, 5) is 20.6. The molecule has 11 heteroatoms. The van der Waals surface area contributed by atoms with Gasteiger partial charge in [0.05, 0.1) is 25.1 Å². The molecule has 0 fully saturated rings. The van der Waals surface area contributed by atoms with Gasteiger partial charge in [-0.15, -0.1) is 0 Å². The zero-order valence-corrected chi connectivity index (χ0v) is 21.1. The Hall–Kier alpha value is -2.52. The molecule has 188 valence electrons. The Morgan fingerprint density at radius 3 is 2.44 bits per heavy atom. The summed E-state index contributed by atoms with van der Waals surface area (Å²) in [6.07, 6.45) is 0.722. The van der Waals surface area contributed by atoms with E-state index in [2.05, 4.69) is 16.9 Å². The normalized spacial score (nSPS) is 14.6. The zero-order chi connectivity index (χ0) is 25.3. The molecular weight excluding hydrogens is 462 g/mol. The summed E-state index contributed by atoms with van der Waals surface area (Å²) in [5, 5.41) is 13.1. The maximum atomic E-state index is 13.1. The fourth-order valence-corrected chi connectivity index (χ4v) is 4.92. The first-order valence-electron chi connectivity index (χ1n) is 11.1. The molecule has 0 aromatic heterocycles. The summed E-state index contributed by atoms with van der Waals surface area (Å²) in [7, 11) is 0.461. The van der Waals surface area contributed by atoms with Crippen LogP contribution in [0, 0.1) is 5.82 Å². The van der Waals surface area contributed by atoms with Crippen molar-refractivity contribution in [2.75, 3.05) is 46.6 Å². The number of halogens is 1. The lowest BCUT2D eigenvalue weighted by Crippen LogP contribution is -2.36. The number of aliphatic hydroxyl groups is 1. The van der Waals surface area contributed by atoms with Gasteiger partial charge in [0.1, 0.15) is 11.7 Å². The van der Waals surface area contributed by atoms with E-state index in [-0.39, 0.29) is 35.7 Å². The van der Waals surface area contributed by atoms with E-state index in [1.807, 2.05) is 11.9 Å². The molecule has 0 spiro atoms. The van der Waals surface area contributed by atoms with Gasteiger partial charge in [-0.25, -0.2) is 9.38 Å². The summed E-state index contributed by atoms with van der Waals surface area (Å²) in [6, 6.07) is 5.75. The molecule has 34 heavy (non-hydrogen) atoms. The molecule has 1 aromatic carbocycles. The van der Waals surface area contributed by atoms with Crippen molar-refractivity contribution in [2.24, 2.45) is 4.99 Å². The number of aliphatic hydroxyl groups excluding tert-OH is 1. The maximum Gasteiger partial charge on any atom is 0.331 e. The van der Waals surface area contributed by atoms with Crippen LogP contribution in [0.1, 0.15) is 25.8 Å². The van der Waals surface area contributed by atoms with Crippen LogP contribution in [0.3, 0.4) is 0 Å². The number of carbonyl (C=O) groups is 1. The van der Waals surface area contributed by atoms with Gasteiger partial charge in [-0.2, -0.15) is 0 Å². The number of nitrogens with zero attached hydrogens (tertiary/aromatic N) is 3. The standard InChI is InChI=1S/C23H34FN4O5P/c1-6-32-34(31,33-7-2)15-14-27(4)13-12-20-26-21(22(29)17(3)28(20)5)23(30)25-16-18-8-10-19(24)11-9-18/h8-11,29H,3,6-7,12-16H2,1-2,4-5H3,(H,25,30). The van der Waals surface area contributed by atoms with Gasteiger partial charge in [0.2, 0.25) is 0 Å². The quantitative estimate of drug-likeness (QED) is 0.402. The number of aliphatic imine (C=N–C) groups is 1. The molecule has 0 saturated carbocycles. The van der Waals surface area contributed by atoms with Crippen LogP contribution in [-0.4, -0.2) is 73.2 Å². The van der Waals surface area contributed by atoms with Gasteiger partial charge in [-0.3, -0.25) is 9.36 Å². The molecule has 1 heterocycles. The number of benzene rings is 1. The summed E-state index contributed by atoms with van der Waals surface area (Å²) in [6.45, 7) is 9.23. The van der Waals surface area contributed by atoms with Crippen molar-refractivity contribution in [1.29, 1.82) is 0 Å². The Labute approximate surface area is 200 Å². The highest BCUT2D eigenvalue weighted by Crippen LogP contribution is 2.47. The second-order valence-corrected chi connectivity index (χ2v) is 9.95. The number of rotatable bonds is 13. The number of hydrogen-bond donors (Lipinski definition) is 2. The van der Waals surface area contributed by atoms with Crippen LogP contribution in [0.15, 0.2) is 53.0 Å². The molecule has 0 unspecified atom stereocenters. The van der Waals surface area contributed by atoms with Gasteiger partial charge in [-0.1, -0.05) is 18.7 Å². The topological polar surface area (TPSA) is 104 Å². The summed E-state index contributed by atoms with van der Waals surface area (Å²) < 4.78 is 36.4. The molecule has 2 rings (SSSR count). The number of likely N-dealkylation sites (N-methyl/N-ethyl adjacent to an activating group) is 1. The first-order valence-corrected chi connectivity index (χ1v) is 12.9. The summed E-state index contributed by atoms with van der Waals surface area (Å²) in [5.41, 5.74) is 0.848. The third-order valence-electron chi connectivity index (χ3n) is 5.24. The van der Waals surface area contributed by atoms with E-state index < -0.39 is 13.5 Å². The lowest BCUT2D eigenvalue weighted by molar-refractivity contribution is -0.117. The van der Waals surface area contributed by atoms with Gasteiger partial charge >= 0.3 is 7.60 Å². The number of amidine groups is 1. The first-order chi connectivity index (χ1) is 16.1. The average molecular weight is 497 g/mol. The van der Waals surface area contributed by atoms with Crippen LogP contribution < -0.4 is 5.32 Å². The molecule has 1 aliphatic rings. The van der Waals surface area contributed by atoms with Crippen molar-refractivity contribution < 1.29 is 27.9 Å². The molecule has 9 nitrogen and oxygen atoms in total. The van der Waals surface area contributed by atoms with Crippen molar-refractivity contribution in [3.63, 3.8) is 0 Å². The lowest BCUT2D eigenvalue weighted by atomic mass is 10.2. The van der Waals surface area contributed by atoms with Crippen LogP contribution >= 0.6 is 7.60 Å². The zero-order valence-electron chi connectivity index (χ0n) is 20.2. The van der Waals surface area contributed by atoms with Crippen LogP contribution in [-0.2, 0) is 25.0 Å². The van der Waals surface area contributed by atoms with Crippen molar-refractivity contribution >= 4 is 19.3 Å². The van der Waals surface area contributed by atoms with Crippen LogP contribution in [0.5, 0.6) is 0 Å². The van der Waals surface area contributed by atoms with E-state index in [9.17, 15) is 18.9 Å². The highest BCUT2D eigenvalue weighted by molar-refractivity contribution is 7.53. The summed E-state index contributed by atoms with van der Waals surface area (Å²) >= 11 is 0. The molecule has 1 aliphatic heterocycles. The Balaban J connectivity index is 2.00. The van der Waals surface area contributed by atoms with E-state index >= 15 is 0 Å². The van der Waals surface area contributed by atoms with Gasteiger partial charge in [0.25, 0.3) is 5.91 Å². The third kappa shape index (κ3) is 7.77. The van der Waals surface area contributed by atoms with Gasteiger partial charge in [0.15, 0.2) is 11.5 Å². The van der Waals surface area contributed by atoms with Gasteiger partial charge in [0, 0.05) is 33.1 Å². The smallest absolute Gasteiger partial charge is 0.331 e. The highest BCUT2D eigenvalue weighted by Gasteiger charge is 2.27. The Kier molecular flexibility index (Phi) is 10.4. The number of nitrogens with one attached hydrogen (secondary N) is 1. The van der Waals surface area contributed by atoms with Crippen molar-refractivity contribution in [3.8, 4) is 0 Å². The molecule has 1 amide bonds. The molecule has 0 radical (unpaired) electrons. The minimum absolute atomic E-state index is 0.125. The van der Waals surface area contributed by atoms with E-state index in [1.165, 1.54) is 12.1 Å². The minimum Gasteiger partial charge on any atom is -0.504 e. The van der Waals surface area contributed by atoms with E-state index in [0.717, 1.165) is 0 Å². The van der Waals surface area contributed by atoms with Gasteiger partial charge in [-0.05, 0) is 38.6 Å². The Morgan fingerprint density at radius 2 is 1.85 bits per heavy atom. The summed E-state index contributed by atoms with van der Waals surface area (Å²) in [5.74, 6) is -0.666. The van der Waals surface area contributed by atoms with Crippen LogP contribution in [0.4, 0.5) is 4.39 Å². The Morgan fingerprint density at radius 1 is 1.24 bits per heavy atom. The predicted octanol–water partition coefficient (Wildman–Crippen LogP) is 3.66. The molecule has 0 saturated heterocycles. The molecule has 0 aliphatic carbocycles. The van der Waals surface area contributed by atoms with Crippen LogP contribution in [0.25, 0.3) is 0 Å². The lowest BCUT2D eigenvalue weighted by Gasteiger charge is -2.29. The van der Waals surface area contributed by atoms with Crippen molar-refractivity contribution in [1.82, 2.24) is 15.1 Å². The largest absolute Gasteiger partial charge is 0.504 e. The fraction of sp³-hybridized carbons (Fsp3) is 0.478. The number of hydrogen-bond acceptors (Lipinski definition) is 8. The molecular formula is C23H34FN4O5P. The van der Waals surface area contributed by atoms with E-state index in [1.54, 1.807) is 37.9 Å². The molecule has 0 bridgehead atoms. The predicted molar refractivity (Wildman–Crippen MR) is 130 cm³/mol. The average Bonchev–Trinajstić information content (AvgIpc) is 2.80. The highest BCUT2D eigenvalue weighted by atomic mass is 31.2. The second-order valence-electron chi connectivity index (χ2n) is 7.76. The van der Waals surface area contributed by atoms with E-state index in [0.29, 0.717) is 44.1 Å². The maximum absolute atomic E-state index is 13.1. The van der Waals surface area contributed by atoms with Crippen molar-refractivity contribution in [3.05, 3.63) is 59.4 Å². The molecule has 1 aromatic rings. The second kappa shape index (κ2) is 12.8. The van der Waals surface area contributed by atoms with Gasteiger partial charge < -0.3 is 29.3 Å². The Bertz CT molecular complexity index is 970. The monoisotopic (exact) mass is 496 g/mol. The molecule has 0 atom stereocenters. The van der Waals surface area contributed by atoms with Crippen LogP contribution in [0.2, 0.25) is 0 Å². The first kappa shape index (κ1) is 27.7. The minimum atomic E-state index is -3.13. The van der Waals surface area contributed by atoms with E-state index in [4.69, 9.17) is 9.05 Å². The number of amides is 1. The van der Waals surface area contributed by atoms with Crippen molar-refractivity contribution in [2.45, 2.75) is 26.8 Å². The fourth-order valence-electron chi connectivity index (χ4n) is 3.21. The molecule has 2 N–H and O–H groups in total. The number of carbonyl (C=O) groups excluding carboxylic acids is 1.